The SMILES string of the molecule is CNc1n[nH]c(N/C=C(\C#N)C(=O)C(C)(C)C)n1. The largest absolute Gasteiger partial charge is 0.356 e. The maximum absolute atomic E-state index is 11.9. The van der Waals surface area contributed by atoms with E-state index in [9.17, 15) is 4.79 Å². The lowest BCUT2D eigenvalue weighted by Gasteiger charge is -2.15. The Kier molecular flexibility index (Phi) is 4.05. The summed E-state index contributed by atoms with van der Waals surface area (Å²) in [6.07, 6.45) is 1.33. The summed E-state index contributed by atoms with van der Waals surface area (Å²) in [5, 5.41) is 20.9. The van der Waals surface area contributed by atoms with Crippen molar-refractivity contribution in [2.24, 2.45) is 5.41 Å². The van der Waals surface area contributed by atoms with E-state index >= 15 is 0 Å². The van der Waals surface area contributed by atoms with E-state index in [0.717, 1.165) is 0 Å². The molecule has 1 aromatic rings. The van der Waals surface area contributed by atoms with Crippen LogP contribution in [0.5, 0.6) is 0 Å². The van der Waals surface area contributed by atoms with E-state index in [-0.39, 0.29) is 11.4 Å². The quantitative estimate of drug-likeness (QED) is 0.547. The van der Waals surface area contributed by atoms with Crippen molar-refractivity contribution in [1.29, 1.82) is 5.26 Å². The van der Waals surface area contributed by atoms with E-state index < -0.39 is 5.41 Å². The highest BCUT2D eigenvalue weighted by Gasteiger charge is 2.24. The van der Waals surface area contributed by atoms with Gasteiger partial charge in [-0.2, -0.15) is 10.2 Å². The van der Waals surface area contributed by atoms with Crippen LogP contribution >= 0.6 is 0 Å². The fourth-order valence-electron chi connectivity index (χ4n) is 1.13. The van der Waals surface area contributed by atoms with Crippen molar-refractivity contribution in [3.8, 4) is 6.07 Å². The Balaban J connectivity index is 2.81. The minimum Gasteiger partial charge on any atom is -0.356 e. The fourth-order valence-corrected chi connectivity index (χ4v) is 1.13. The van der Waals surface area contributed by atoms with Gasteiger partial charge in [0.2, 0.25) is 11.9 Å². The van der Waals surface area contributed by atoms with Crippen LogP contribution in [0.15, 0.2) is 11.8 Å². The number of nitrogens with one attached hydrogen (secondary N) is 3. The van der Waals surface area contributed by atoms with Crippen LogP contribution in [0.1, 0.15) is 20.8 Å². The van der Waals surface area contributed by atoms with E-state index in [0.29, 0.717) is 11.9 Å². The van der Waals surface area contributed by atoms with Gasteiger partial charge in [0.25, 0.3) is 0 Å². The van der Waals surface area contributed by atoms with Gasteiger partial charge >= 0.3 is 0 Å². The number of rotatable bonds is 4. The molecule has 1 rings (SSSR count). The van der Waals surface area contributed by atoms with Gasteiger partial charge in [0.05, 0.1) is 0 Å². The fraction of sp³-hybridized carbons (Fsp3) is 0.455. The Labute approximate surface area is 105 Å². The van der Waals surface area contributed by atoms with Crippen molar-refractivity contribution >= 4 is 17.7 Å². The lowest BCUT2D eigenvalue weighted by molar-refractivity contribution is -0.122. The Bertz CT molecular complexity index is 502. The second-order valence-electron chi connectivity index (χ2n) is 4.65. The molecule has 0 unspecified atom stereocenters. The number of aromatic amines is 1. The number of nitriles is 1. The van der Waals surface area contributed by atoms with Crippen molar-refractivity contribution < 1.29 is 4.79 Å². The van der Waals surface area contributed by atoms with Gasteiger partial charge in [-0.25, -0.2) is 5.10 Å². The van der Waals surface area contributed by atoms with Gasteiger partial charge < -0.3 is 10.6 Å². The topological polar surface area (TPSA) is 106 Å². The molecule has 1 aromatic heterocycles. The number of anilines is 2. The van der Waals surface area contributed by atoms with Gasteiger partial charge in [-0.3, -0.25) is 4.79 Å². The third-order valence-electron chi connectivity index (χ3n) is 2.11. The minimum absolute atomic E-state index is 0.0462. The molecule has 0 aliphatic carbocycles. The van der Waals surface area contributed by atoms with Crippen LogP contribution in [-0.4, -0.2) is 28.0 Å². The molecule has 0 saturated carbocycles. The van der Waals surface area contributed by atoms with E-state index in [2.05, 4.69) is 25.8 Å². The number of carbonyl (C=O) groups is 1. The van der Waals surface area contributed by atoms with Gasteiger partial charge in [0.15, 0.2) is 5.78 Å². The van der Waals surface area contributed by atoms with Crippen LogP contribution in [0.2, 0.25) is 0 Å². The maximum atomic E-state index is 11.9. The number of nitrogens with zero attached hydrogens (tertiary/aromatic N) is 3. The van der Waals surface area contributed by atoms with Crippen LogP contribution in [0.3, 0.4) is 0 Å². The molecule has 0 fully saturated rings. The van der Waals surface area contributed by atoms with Crippen molar-refractivity contribution in [3.05, 3.63) is 11.8 Å². The number of allylic oxidation sites excluding steroid dienone is 1. The smallest absolute Gasteiger partial charge is 0.243 e. The average Bonchev–Trinajstić information content (AvgIpc) is 2.76. The lowest BCUT2D eigenvalue weighted by Crippen LogP contribution is -2.22. The highest BCUT2D eigenvalue weighted by molar-refractivity contribution is 6.02. The van der Waals surface area contributed by atoms with Gasteiger partial charge in [-0.15, -0.1) is 5.10 Å². The van der Waals surface area contributed by atoms with Crippen LogP contribution in [0, 0.1) is 16.7 Å². The second-order valence-corrected chi connectivity index (χ2v) is 4.65. The second kappa shape index (κ2) is 5.31. The molecule has 96 valence electrons. The van der Waals surface area contributed by atoms with Crippen LogP contribution in [0.4, 0.5) is 11.9 Å². The first kappa shape index (κ1) is 13.7. The number of Topliss-reactive ketones (excluding diaryl/α,β-unsaturated/α-hetero) is 1. The summed E-state index contributed by atoms with van der Waals surface area (Å²) in [6.45, 7) is 5.27. The molecule has 0 aliphatic rings. The normalized spacial score (nSPS) is 11.8. The number of H-pyrrole nitrogens is 1. The molecule has 0 radical (unpaired) electrons. The summed E-state index contributed by atoms with van der Waals surface area (Å²) >= 11 is 0. The Hall–Kier alpha value is -2.36. The van der Waals surface area contributed by atoms with Gasteiger partial charge in [0, 0.05) is 18.7 Å². The van der Waals surface area contributed by atoms with E-state index in [1.807, 2.05) is 6.07 Å². The Morgan fingerprint density at radius 1 is 1.50 bits per heavy atom. The molecular weight excluding hydrogens is 232 g/mol. The third kappa shape index (κ3) is 3.31. The predicted molar refractivity (Wildman–Crippen MR) is 67.7 cm³/mol. The molecule has 0 amide bonds. The summed E-state index contributed by atoms with van der Waals surface area (Å²) in [5.41, 5.74) is -0.550. The first-order chi connectivity index (χ1) is 8.38. The molecule has 0 saturated heterocycles. The van der Waals surface area contributed by atoms with Crippen molar-refractivity contribution in [2.45, 2.75) is 20.8 Å². The van der Waals surface area contributed by atoms with Gasteiger partial charge in [-0.1, -0.05) is 20.8 Å². The number of hydrogen-bond donors (Lipinski definition) is 3. The van der Waals surface area contributed by atoms with Crippen molar-refractivity contribution in [3.63, 3.8) is 0 Å². The molecule has 0 aromatic carbocycles. The van der Waals surface area contributed by atoms with E-state index in [1.165, 1.54) is 6.20 Å². The molecule has 1 heterocycles. The van der Waals surface area contributed by atoms with Crippen LogP contribution in [0.25, 0.3) is 0 Å². The maximum Gasteiger partial charge on any atom is 0.243 e. The molecule has 0 spiro atoms. The predicted octanol–water partition coefficient (Wildman–Crippen LogP) is 1.28. The summed E-state index contributed by atoms with van der Waals surface area (Å²) < 4.78 is 0. The molecule has 7 nitrogen and oxygen atoms in total. The Morgan fingerprint density at radius 2 is 2.17 bits per heavy atom. The minimum atomic E-state index is -0.596. The first-order valence-electron chi connectivity index (χ1n) is 5.40. The zero-order valence-corrected chi connectivity index (χ0v) is 10.8. The highest BCUT2D eigenvalue weighted by atomic mass is 16.1. The third-order valence-corrected chi connectivity index (χ3v) is 2.11. The van der Waals surface area contributed by atoms with Crippen LogP contribution in [-0.2, 0) is 4.79 Å². The number of hydrogen-bond acceptors (Lipinski definition) is 6. The zero-order chi connectivity index (χ0) is 13.8. The molecule has 18 heavy (non-hydrogen) atoms. The monoisotopic (exact) mass is 248 g/mol. The summed E-state index contributed by atoms with van der Waals surface area (Å²) in [7, 11) is 1.69. The number of carbonyl (C=O) groups excluding carboxylic acids is 1. The molecule has 0 bridgehead atoms. The van der Waals surface area contributed by atoms with E-state index in [4.69, 9.17) is 5.26 Å². The number of ketones is 1. The molecule has 0 aliphatic heterocycles. The van der Waals surface area contributed by atoms with Crippen molar-refractivity contribution in [2.75, 3.05) is 17.7 Å². The average molecular weight is 248 g/mol. The van der Waals surface area contributed by atoms with Gasteiger partial charge in [0.1, 0.15) is 11.6 Å². The lowest BCUT2D eigenvalue weighted by atomic mass is 9.87. The summed E-state index contributed by atoms with van der Waals surface area (Å²) in [4.78, 5) is 15.9. The zero-order valence-electron chi connectivity index (χ0n) is 10.8. The Morgan fingerprint density at radius 3 is 2.61 bits per heavy atom. The standard InChI is InChI=1S/C11H16N6O/c1-11(2,3)8(18)7(5-12)6-14-10-15-9(13-4)16-17-10/h6H,1-4H3,(H3,13,14,15,16,17)/b7-6+. The summed E-state index contributed by atoms with van der Waals surface area (Å²) in [6, 6.07) is 1.87. The first-order valence-corrected chi connectivity index (χ1v) is 5.40. The summed E-state index contributed by atoms with van der Waals surface area (Å²) in [5.74, 6) is 0.547. The van der Waals surface area contributed by atoms with Crippen molar-refractivity contribution in [1.82, 2.24) is 15.2 Å². The van der Waals surface area contributed by atoms with Gasteiger partial charge in [-0.05, 0) is 0 Å². The molecule has 7 heteroatoms. The highest BCUT2D eigenvalue weighted by Crippen LogP contribution is 2.19. The van der Waals surface area contributed by atoms with E-state index in [1.54, 1.807) is 27.8 Å². The molecular formula is C11H16N6O. The molecule has 0 atom stereocenters. The number of aromatic nitrogens is 3. The van der Waals surface area contributed by atoms with Crippen LogP contribution < -0.4 is 10.6 Å². The molecule has 3 N–H and O–H groups in total.